The second kappa shape index (κ2) is 4.09. The first-order valence-electron chi connectivity index (χ1n) is 4.01. The fraction of sp³-hybridized carbons (Fsp3) is 0.222. The molecule has 0 radical (unpaired) electrons. The molecular formula is C9H6BrCl2NO. The van der Waals surface area contributed by atoms with Crippen LogP contribution in [0.5, 0.6) is 0 Å². The van der Waals surface area contributed by atoms with Crippen LogP contribution in [0.25, 0.3) is 11.0 Å². The molecule has 0 aliphatic rings. The molecule has 0 atom stereocenters. The predicted molar refractivity (Wildman–Crippen MR) is 61.5 cm³/mol. The zero-order chi connectivity index (χ0) is 10.1. The summed E-state index contributed by atoms with van der Waals surface area (Å²) in [4.78, 5) is 0. The maximum absolute atomic E-state index is 5.95. The van der Waals surface area contributed by atoms with E-state index in [9.17, 15) is 0 Å². The number of halogens is 3. The van der Waals surface area contributed by atoms with E-state index >= 15 is 0 Å². The van der Waals surface area contributed by atoms with Gasteiger partial charge in [-0.05, 0) is 12.1 Å². The summed E-state index contributed by atoms with van der Waals surface area (Å²) in [5.74, 6) is 0. The molecule has 0 unspecified atom stereocenters. The Bertz CT molecular complexity index is 469. The third kappa shape index (κ3) is 1.76. The van der Waals surface area contributed by atoms with Gasteiger partial charge in [-0.2, -0.15) is 0 Å². The number of fused-ring (bicyclic) bond motifs is 1. The fourth-order valence-electron chi connectivity index (χ4n) is 1.29. The van der Waals surface area contributed by atoms with Crippen LogP contribution in [0.4, 0.5) is 0 Å². The topological polar surface area (TPSA) is 26.0 Å². The molecule has 1 aromatic heterocycles. The van der Waals surface area contributed by atoms with Crippen LogP contribution in [0.15, 0.2) is 16.7 Å². The van der Waals surface area contributed by atoms with E-state index in [2.05, 4.69) is 21.1 Å². The molecule has 2 aromatic rings. The van der Waals surface area contributed by atoms with Crippen LogP contribution in [0.1, 0.15) is 5.69 Å². The van der Waals surface area contributed by atoms with Gasteiger partial charge in [-0.1, -0.05) is 44.3 Å². The summed E-state index contributed by atoms with van der Waals surface area (Å²) in [6.07, 6.45) is 0.795. The van der Waals surface area contributed by atoms with Crippen LogP contribution in [0.2, 0.25) is 10.0 Å². The van der Waals surface area contributed by atoms with E-state index < -0.39 is 0 Å². The lowest BCUT2D eigenvalue weighted by Crippen LogP contribution is -1.85. The second-order valence-corrected chi connectivity index (χ2v) is 4.47. The number of aromatic nitrogens is 1. The molecule has 0 aliphatic carbocycles. The van der Waals surface area contributed by atoms with Gasteiger partial charge in [-0.3, -0.25) is 0 Å². The first kappa shape index (κ1) is 10.3. The highest BCUT2D eigenvalue weighted by Gasteiger charge is 2.11. The Hall–Kier alpha value is -0.250. The number of rotatable bonds is 2. The average Bonchev–Trinajstić information content (AvgIpc) is 2.49. The Kier molecular flexibility index (Phi) is 3.00. The van der Waals surface area contributed by atoms with Crippen molar-refractivity contribution in [3.8, 4) is 0 Å². The number of aryl methyl sites for hydroxylation is 1. The van der Waals surface area contributed by atoms with Gasteiger partial charge < -0.3 is 4.52 Å². The Labute approximate surface area is 99.3 Å². The third-order valence-corrected chi connectivity index (χ3v) is 2.79. The first-order chi connectivity index (χ1) is 6.72. The molecule has 0 spiro atoms. The molecule has 14 heavy (non-hydrogen) atoms. The van der Waals surface area contributed by atoms with Crippen LogP contribution in [-0.2, 0) is 6.42 Å². The summed E-state index contributed by atoms with van der Waals surface area (Å²) < 4.78 is 5.13. The van der Waals surface area contributed by atoms with E-state index in [1.165, 1.54) is 0 Å². The number of alkyl halides is 1. The minimum absolute atomic E-state index is 0.501. The third-order valence-electron chi connectivity index (χ3n) is 1.90. The predicted octanol–water partition coefficient (Wildman–Crippen LogP) is 4.07. The first-order valence-corrected chi connectivity index (χ1v) is 5.89. The van der Waals surface area contributed by atoms with Crippen molar-refractivity contribution < 1.29 is 4.52 Å². The molecule has 5 heteroatoms. The Morgan fingerprint density at radius 2 is 2.14 bits per heavy atom. The van der Waals surface area contributed by atoms with Gasteiger partial charge in [0.25, 0.3) is 0 Å². The molecule has 0 N–H and O–H groups in total. The van der Waals surface area contributed by atoms with Crippen LogP contribution in [-0.4, -0.2) is 10.5 Å². The van der Waals surface area contributed by atoms with Crippen molar-refractivity contribution in [3.63, 3.8) is 0 Å². The van der Waals surface area contributed by atoms with Crippen LogP contribution in [0, 0.1) is 0 Å². The van der Waals surface area contributed by atoms with Gasteiger partial charge in [0.05, 0.1) is 10.7 Å². The zero-order valence-electron chi connectivity index (χ0n) is 7.06. The van der Waals surface area contributed by atoms with Gasteiger partial charge >= 0.3 is 0 Å². The van der Waals surface area contributed by atoms with Crippen LogP contribution < -0.4 is 0 Å². The zero-order valence-corrected chi connectivity index (χ0v) is 10.2. The van der Waals surface area contributed by atoms with Gasteiger partial charge in [0, 0.05) is 22.2 Å². The van der Waals surface area contributed by atoms with Crippen molar-refractivity contribution in [2.75, 3.05) is 5.33 Å². The second-order valence-electron chi connectivity index (χ2n) is 2.83. The highest BCUT2D eigenvalue weighted by molar-refractivity contribution is 9.09. The van der Waals surface area contributed by atoms with E-state index in [0.29, 0.717) is 15.6 Å². The lowest BCUT2D eigenvalue weighted by atomic mass is 10.2. The van der Waals surface area contributed by atoms with Crippen molar-refractivity contribution in [3.05, 3.63) is 27.9 Å². The summed E-state index contributed by atoms with van der Waals surface area (Å²) in [6.45, 7) is 0. The van der Waals surface area contributed by atoms with Gasteiger partial charge in [0.2, 0.25) is 0 Å². The average molecular weight is 295 g/mol. The monoisotopic (exact) mass is 293 g/mol. The SMILES string of the molecule is Clc1cc(Cl)c2onc(CCBr)c2c1. The fourth-order valence-corrected chi connectivity index (χ4v) is 2.19. The van der Waals surface area contributed by atoms with Gasteiger partial charge in [0.1, 0.15) is 0 Å². The van der Waals surface area contributed by atoms with E-state index in [0.717, 1.165) is 22.8 Å². The summed E-state index contributed by atoms with van der Waals surface area (Å²) in [6, 6.07) is 3.46. The number of nitrogens with zero attached hydrogens (tertiary/aromatic N) is 1. The van der Waals surface area contributed by atoms with E-state index in [1.54, 1.807) is 6.07 Å². The van der Waals surface area contributed by atoms with Crippen molar-refractivity contribution >= 4 is 50.1 Å². The quantitative estimate of drug-likeness (QED) is 0.780. The van der Waals surface area contributed by atoms with Crippen molar-refractivity contribution in [1.29, 1.82) is 0 Å². The normalized spacial score (nSPS) is 11.1. The van der Waals surface area contributed by atoms with E-state index in [1.807, 2.05) is 6.07 Å². The lowest BCUT2D eigenvalue weighted by molar-refractivity contribution is 0.447. The van der Waals surface area contributed by atoms with E-state index in [4.69, 9.17) is 27.7 Å². The Morgan fingerprint density at radius 1 is 1.36 bits per heavy atom. The number of hydrogen-bond donors (Lipinski definition) is 0. The van der Waals surface area contributed by atoms with E-state index in [-0.39, 0.29) is 0 Å². The molecule has 0 amide bonds. The Morgan fingerprint density at radius 3 is 2.86 bits per heavy atom. The molecule has 0 saturated heterocycles. The van der Waals surface area contributed by atoms with Crippen LogP contribution >= 0.6 is 39.1 Å². The van der Waals surface area contributed by atoms with Gasteiger partial charge in [0.15, 0.2) is 5.58 Å². The smallest absolute Gasteiger partial charge is 0.185 e. The Balaban J connectivity index is 2.66. The minimum atomic E-state index is 0.501. The summed E-state index contributed by atoms with van der Waals surface area (Å²) in [7, 11) is 0. The molecule has 74 valence electrons. The molecule has 0 saturated carbocycles. The highest BCUT2D eigenvalue weighted by Crippen LogP contribution is 2.30. The van der Waals surface area contributed by atoms with Crippen molar-refractivity contribution in [2.24, 2.45) is 0 Å². The highest BCUT2D eigenvalue weighted by atomic mass is 79.9. The number of benzene rings is 1. The molecule has 0 bridgehead atoms. The van der Waals surface area contributed by atoms with Gasteiger partial charge in [-0.25, -0.2) is 0 Å². The summed E-state index contributed by atoms with van der Waals surface area (Å²) in [5.41, 5.74) is 1.48. The summed E-state index contributed by atoms with van der Waals surface area (Å²) >= 11 is 15.2. The van der Waals surface area contributed by atoms with Crippen molar-refractivity contribution in [1.82, 2.24) is 5.16 Å². The maximum Gasteiger partial charge on any atom is 0.185 e. The molecule has 0 fully saturated rings. The van der Waals surface area contributed by atoms with Crippen molar-refractivity contribution in [2.45, 2.75) is 6.42 Å². The van der Waals surface area contributed by atoms with Crippen LogP contribution in [0.3, 0.4) is 0 Å². The molecule has 2 rings (SSSR count). The lowest BCUT2D eigenvalue weighted by Gasteiger charge is -1.94. The number of hydrogen-bond acceptors (Lipinski definition) is 2. The maximum atomic E-state index is 5.95. The molecule has 0 aliphatic heterocycles. The largest absolute Gasteiger partial charge is 0.354 e. The molecule has 1 heterocycles. The molecule has 2 nitrogen and oxygen atoms in total. The summed E-state index contributed by atoms with van der Waals surface area (Å²) in [5, 5.41) is 6.76. The minimum Gasteiger partial charge on any atom is -0.354 e. The molecular weight excluding hydrogens is 289 g/mol. The van der Waals surface area contributed by atoms with Gasteiger partial charge in [-0.15, -0.1) is 0 Å². The molecule has 1 aromatic carbocycles. The standard InChI is InChI=1S/C9H6BrCl2NO/c10-2-1-8-6-3-5(11)4-7(12)9(6)14-13-8/h3-4H,1-2H2.